The third-order valence-corrected chi connectivity index (χ3v) is 4.65. The van der Waals surface area contributed by atoms with Gasteiger partial charge in [-0.2, -0.15) is 13.2 Å². The molecule has 0 aliphatic carbocycles. The van der Waals surface area contributed by atoms with Crippen molar-refractivity contribution < 1.29 is 18.0 Å². The lowest BCUT2D eigenvalue weighted by atomic mass is 10.1. The van der Waals surface area contributed by atoms with E-state index in [0.717, 1.165) is 12.1 Å². The summed E-state index contributed by atoms with van der Waals surface area (Å²) in [6.07, 6.45) is 1.12. The summed E-state index contributed by atoms with van der Waals surface area (Å²) in [5, 5.41) is 2.86. The minimum atomic E-state index is -4.55. The van der Waals surface area contributed by atoms with Crippen molar-refractivity contribution in [2.45, 2.75) is 19.1 Å². The zero-order valence-electron chi connectivity index (χ0n) is 14.7. The second-order valence-electron chi connectivity index (χ2n) is 5.94. The first-order valence-corrected chi connectivity index (χ1v) is 9.58. The van der Waals surface area contributed by atoms with Crippen LogP contribution in [0.5, 0.6) is 0 Å². The summed E-state index contributed by atoms with van der Waals surface area (Å²) in [6, 6.07) is 2.50. The summed E-state index contributed by atoms with van der Waals surface area (Å²) in [5.41, 5.74) is 0.168. The van der Waals surface area contributed by atoms with E-state index >= 15 is 0 Å². The zero-order valence-corrected chi connectivity index (χ0v) is 17.6. The minimum absolute atomic E-state index is 0.104. The predicted molar refractivity (Wildman–Crippen MR) is 108 cm³/mol. The zero-order chi connectivity index (χ0) is 21.2. The molecule has 0 aliphatic heterocycles. The number of nitrogens with one attached hydrogen (secondary N) is 1. The van der Waals surface area contributed by atoms with Gasteiger partial charge < -0.3 is 5.32 Å². The summed E-state index contributed by atoms with van der Waals surface area (Å²) in [4.78, 5) is 29.1. The average molecular weight is 534 g/mol. The number of hydrogen-bond donors (Lipinski definition) is 1. The highest BCUT2D eigenvalue weighted by atomic mass is 127. The lowest BCUT2D eigenvalue weighted by molar-refractivity contribution is -0.137. The predicted octanol–water partition coefficient (Wildman–Crippen LogP) is 4.70. The molecule has 6 nitrogen and oxygen atoms in total. The number of alkyl halides is 3. The van der Waals surface area contributed by atoms with Gasteiger partial charge in [-0.3, -0.25) is 14.8 Å². The molecule has 1 atom stereocenters. The summed E-state index contributed by atoms with van der Waals surface area (Å²) in [5.74, 6) is -0.666. The fourth-order valence-corrected chi connectivity index (χ4v) is 3.30. The summed E-state index contributed by atoms with van der Waals surface area (Å²) in [7, 11) is 0. The number of halogens is 5. The maximum absolute atomic E-state index is 13.0. The van der Waals surface area contributed by atoms with Crippen LogP contribution in [0.4, 0.5) is 13.2 Å². The van der Waals surface area contributed by atoms with E-state index in [0.29, 0.717) is 20.7 Å². The molecule has 3 rings (SSSR count). The molecule has 150 valence electrons. The number of aromatic nitrogens is 4. The Kier molecular flexibility index (Phi) is 6.32. The lowest BCUT2D eigenvalue weighted by Gasteiger charge is -2.17. The molecule has 0 spiro atoms. The molecule has 0 bridgehead atoms. The van der Waals surface area contributed by atoms with Gasteiger partial charge in [-0.1, -0.05) is 11.6 Å². The lowest BCUT2D eigenvalue weighted by Crippen LogP contribution is -2.28. The van der Waals surface area contributed by atoms with Crippen LogP contribution in [-0.2, 0) is 6.18 Å². The number of amides is 1. The monoisotopic (exact) mass is 533 g/mol. The first-order valence-electron chi connectivity index (χ1n) is 8.12. The fraction of sp³-hybridized carbons (Fsp3) is 0.167. The molecule has 29 heavy (non-hydrogen) atoms. The molecule has 0 saturated carbocycles. The van der Waals surface area contributed by atoms with Crippen molar-refractivity contribution in [2.24, 2.45) is 0 Å². The van der Waals surface area contributed by atoms with Gasteiger partial charge in [-0.15, -0.1) is 0 Å². The van der Waals surface area contributed by atoms with Crippen molar-refractivity contribution in [1.82, 2.24) is 25.3 Å². The highest BCUT2D eigenvalue weighted by Crippen LogP contribution is 2.31. The third kappa shape index (κ3) is 5.18. The first-order chi connectivity index (χ1) is 13.6. The minimum Gasteiger partial charge on any atom is -0.344 e. The Bertz CT molecular complexity index is 1050. The molecule has 1 amide bonds. The molecule has 0 fully saturated rings. The number of carbonyl (C=O) groups is 1. The summed E-state index contributed by atoms with van der Waals surface area (Å²) < 4.78 is 39.4. The van der Waals surface area contributed by atoms with Crippen LogP contribution < -0.4 is 5.32 Å². The normalized spacial score (nSPS) is 12.5. The Morgan fingerprint density at radius 3 is 2.48 bits per heavy atom. The number of hydrogen-bond acceptors (Lipinski definition) is 5. The van der Waals surface area contributed by atoms with E-state index in [1.165, 1.54) is 30.9 Å². The SMILES string of the molecule is CC(NC(=O)c1cc(I)cc(C(F)(F)F)c1)c1nccnc1-c1cnc(Cl)cn1. The second kappa shape index (κ2) is 8.57. The van der Waals surface area contributed by atoms with Crippen LogP contribution in [0.2, 0.25) is 5.15 Å². The molecule has 0 saturated heterocycles. The van der Waals surface area contributed by atoms with Crippen LogP contribution in [-0.4, -0.2) is 25.8 Å². The molecule has 1 unspecified atom stereocenters. The van der Waals surface area contributed by atoms with E-state index in [9.17, 15) is 18.0 Å². The van der Waals surface area contributed by atoms with Crippen molar-refractivity contribution in [3.8, 4) is 11.4 Å². The van der Waals surface area contributed by atoms with Crippen LogP contribution in [0.15, 0.2) is 43.0 Å². The highest BCUT2D eigenvalue weighted by Gasteiger charge is 2.32. The molecule has 0 radical (unpaired) electrons. The van der Waals surface area contributed by atoms with Crippen molar-refractivity contribution >= 4 is 40.1 Å². The molecule has 3 aromatic rings. The molecule has 11 heteroatoms. The van der Waals surface area contributed by atoms with Crippen LogP contribution in [0.25, 0.3) is 11.4 Å². The molecular weight excluding hydrogens is 522 g/mol. The van der Waals surface area contributed by atoms with E-state index in [4.69, 9.17) is 11.6 Å². The largest absolute Gasteiger partial charge is 0.416 e. The molecule has 0 aliphatic rings. The number of rotatable bonds is 4. The average Bonchev–Trinajstić information content (AvgIpc) is 2.67. The highest BCUT2D eigenvalue weighted by molar-refractivity contribution is 14.1. The van der Waals surface area contributed by atoms with Crippen molar-refractivity contribution in [3.63, 3.8) is 0 Å². The summed E-state index contributed by atoms with van der Waals surface area (Å²) >= 11 is 7.49. The van der Waals surface area contributed by atoms with Crippen LogP contribution in [0.3, 0.4) is 0 Å². The van der Waals surface area contributed by atoms with E-state index in [2.05, 4.69) is 25.3 Å². The van der Waals surface area contributed by atoms with Crippen LogP contribution in [0, 0.1) is 3.57 Å². The Morgan fingerprint density at radius 2 is 1.83 bits per heavy atom. The van der Waals surface area contributed by atoms with Gasteiger partial charge >= 0.3 is 6.18 Å². The standard InChI is InChI=1S/C18H12ClF3IN5O/c1-9(15-16(25-3-2-24-15)13-7-27-14(19)8-26-13)28-17(29)10-4-11(18(20,21)22)6-12(23)5-10/h2-9H,1H3,(H,28,29). The Balaban J connectivity index is 1.88. The van der Waals surface area contributed by atoms with Crippen LogP contribution >= 0.6 is 34.2 Å². The van der Waals surface area contributed by atoms with E-state index in [-0.39, 0.29) is 10.7 Å². The van der Waals surface area contributed by atoms with Crippen molar-refractivity contribution in [2.75, 3.05) is 0 Å². The van der Waals surface area contributed by atoms with Gasteiger partial charge in [-0.05, 0) is 47.7 Å². The molecular formula is C18H12ClF3IN5O. The quantitative estimate of drug-likeness (QED) is 0.492. The van der Waals surface area contributed by atoms with Gasteiger partial charge in [0.2, 0.25) is 0 Å². The maximum atomic E-state index is 13.0. The van der Waals surface area contributed by atoms with Crippen molar-refractivity contribution in [3.05, 3.63) is 68.5 Å². The number of nitrogens with zero attached hydrogens (tertiary/aromatic N) is 4. The molecule has 2 heterocycles. The van der Waals surface area contributed by atoms with Gasteiger partial charge in [0.15, 0.2) is 0 Å². The van der Waals surface area contributed by atoms with Gasteiger partial charge in [0, 0.05) is 21.5 Å². The number of carbonyl (C=O) groups excluding carboxylic acids is 1. The Labute approximate surface area is 182 Å². The van der Waals surface area contributed by atoms with E-state index < -0.39 is 23.7 Å². The van der Waals surface area contributed by atoms with E-state index in [1.54, 1.807) is 29.5 Å². The van der Waals surface area contributed by atoms with Gasteiger partial charge in [-0.25, -0.2) is 9.97 Å². The number of benzene rings is 1. The molecule has 2 aromatic heterocycles. The van der Waals surface area contributed by atoms with E-state index in [1.807, 2.05) is 0 Å². The third-order valence-electron chi connectivity index (χ3n) is 3.83. The van der Waals surface area contributed by atoms with Gasteiger partial charge in [0.1, 0.15) is 16.5 Å². The fourth-order valence-electron chi connectivity index (χ4n) is 2.53. The second-order valence-corrected chi connectivity index (χ2v) is 7.57. The Morgan fingerprint density at radius 1 is 1.10 bits per heavy atom. The van der Waals surface area contributed by atoms with Crippen molar-refractivity contribution in [1.29, 1.82) is 0 Å². The Hall–Kier alpha value is -2.34. The van der Waals surface area contributed by atoms with Gasteiger partial charge in [0.25, 0.3) is 5.91 Å². The smallest absolute Gasteiger partial charge is 0.344 e. The first kappa shape index (κ1) is 21.4. The van der Waals surface area contributed by atoms with Gasteiger partial charge in [0.05, 0.1) is 29.7 Å². The molecule has 1 aromatic carbocycles. The van der Waals surface area contributed by atoms with Crippen LogP contribution in [0.1, 0.15) is 34.6 Å². The molecule has 1 N–H and O–H groups in total. The summed E-state index contributed by atoms with van der Waals surface area (Å²) in [6.45, 7) is 1.65. The topological polar surface area (TPSA) is 80.7 Å². The maximum Gasteiger partial charge on any atom is 0.416 e.